The molecule has 0 aliphatic rings. The van der Waals surface area contributed by atoms with Gasteiger partial charge in [-0.15, -0.1) is 11.8 Å². The Bertz CT molecular complexity index is 543. The molecule has 0 aliphatic carbocycles. The lowest BCUT2D eigenvalue weighted by atomic mass is 10.3. The van der Waals surface area contributed by atoms with Crippen molar-refractivity contribution in [3.8, 4) is 0 Å². The molecular weight excluding hydrogens is 334 g/mol. The van der Waals surface area contributed by atoms with E-state index in [1.165, 1.54) is 4.90 Å². The first-order valence-corrected chi connectivity index (χ1v) is 8.33. The zero-order valence-corrected chi connectivity index (χ0v) is 14.0. The van der Waals surface area contributed by atoms with E-state index in [1.54, 1.807) is 11.8 Å². The molecule has 0 aliphatic heterocycles. The van der Waals surface area contributed by atoms with Crippen LogP contribution in [0.3, 0.4) is 0 Å². The van der Waals surface area contributed by atoms with Crippen molar-refractivity contribution in [3.05, 3.63) is 52.5 Å². The summed E-state index contributed by atoms with van der Waals surface area (Å²) in [7, 11) is 0. The van der Waals surface area contributed by atoms with Gasteiger partial charge in [-0.25, -0.2) is 9.97 Å². The molecule has 0 saturated heterocycles. The third kappa shape index (κ3) is 5.23. The van der Waals surface area contributed by atoms with Crippen molar-refractivity contribution in [2.24, 2.45) is 0 Å². The van der Waals surface area contributed by atoms with E-state index in [2.05, 4.69) is 57.2 Å². The number of benzene rings is 1. The molecule has 0 saturated carbocycles. The first kappa shape index (κ1) is 15.5. The van der Waals surface area contributed by atoms with Crippen molar-refractivity contribution < 1.29 is 0 Å². The molecule has 0 fully saturated rings. The monoisotopic (exact) mass is 351 g/mol. The normalized spacial score (nSPS) is 11.0. The second kappa shape index (κ2) is 7.76. The zero-order chi connectivity index (χ0) is 14.4. The summed E-state index contributed by atoms with van der Waals surface area (Å²) in [6.45, 7) is 5.07. The number of hydrogen-bond acceptors (Lipinski definition) is 4. The Morgan fingerprint density at radius 3 is 2.65 bits per heavy atom. The highest BCUT2D eigenvalue weighted by atomic mass is 79.9. The van der Waals surface area contributed by atoms with Gasteiger partial charge in [0.25, 0.3) is 0 Å². The molecule has 1 aromatic heterocycles. The summed E-state index contributed by atoms with van der Waals surface area (Å²) in [6.07, 6.45) is 3.80. The predicted octanol–water partition coefficient (Wildman–Crippen LogP) is 4.03. The number of nitrogens with one attached hydrogen (secondary N) is 1. The molecule has 2 aromatic rings. The van der Waals surface area contributed by atoms with Crippen LogP contribution in [0, 0.1) is 0 Å². The fraction of sp³-hybridized carbons (Fsp3) is 0.333. The lowest BCUT2D eigenvalue weighted by Crippen LogP contribution is -2.22. The van der Waals surface area contributed by atoms with Gasteiger partial charge >= 0.3 is 0 Å². The molecule has 2 rings (SSSR count). The van der Waals surface area contributed by atoms with E-state index in [9.17, 15) is 0 Å². The average Bonchev–Trinajstić information content (AvgIpc) is 2.44. The molecule has 1 aromatic carbocycles. The number of thioether (sulfide) groups is 1. The molecule has 5 heteroatoms. The minimum Gasteiger partial charge on any atom is -0.310 e. The van der Waals surface area contributed by atoms with E-state index in [0.29, 0.717) is 6.04 Å². The largest absolute Gasteiger partial charge is 0.310 e. The zero-order valence-electron chi connectivity index (χ0n) is 11.6. The van der Waals surface area contributed by atoms with E-state index >= 15 is 0 Å². The Balaban J connectivity index is 1.87. The number of aromatic nitrogens is 2. The summed E-state index contributed by atoms with van der Waals surface area (Å²) in [5.74, 6) is 1.65. The maximum absolute atomic E-state index is 4.41. The van der Waals surface area contributed by atoms with E-state index in [-0.39, 0.29) is 0 Å². The van der Waals surface area contributed by atoms with Crippen molar-refractivity contribution in [3.63, 3.8) is 0 Å². The minimum atomic E-state index is 0.474. The summed E-state index contributed by atoms with van der Waals surface area (Å²) >= 11 is 5.22. The smallest absolute Gasteiger partial charge is 0.138 e. The summed E-state index contributed by atoms with van der Waals surface area (Å²) in [5, 5.41) is 3.35. The fourth-order valence-electron chi connectivity index (χ4n) is 1.57. The molecule has 20 heavy (non-hydrogen) atoms. The second-order valence-corrected chi connectivity index (χ2v) is 6.75. The summed E-state index contributed by atoms with van der Waals surface area (Å²) in [4.78, 5) is 10.0. The van der Waals surface area contributed by atoms with Crippen LogP contribution in [0.25, 0.3) is 0 Å². The van der Waals surface area contributed by atoms with Gasteiger partial charge in [0.05, 0.1) is 5.75 Å². The van der Waals surface area contributed by atoms with Gasteiger partial charge in [0.15, 0.2) is 0 Å². The Labute approximate surface area is 132 Å². The molecular formula is C15H18BrN3S. The van der Waals surface area contributed by atoms with Crippen molar-refractivity contribution in [1.29, 1.82) is 0 Å². The van der Waals surface area contributed by atoms with Gasteiger partial charge in [-0.3, -0.25) is 0 Å². The van der Waals surface area contributed by atoms with Crippen molar-refractivity contribution in [2.45, 2.75) is 37.1 Å². The van der Waals surface area contributed by atoms with E-state index in [4.69, 9.17) is 0 Å². The lowest BCUT2D eigenvalue weighted by Gasteiger charge is -2.07. The van der Waals surface area contributed by atoms with Crippen LogP contribution in [0.1, 0.15) is 25.2 Å². The third-order valence-electron chi connectivity index (χ3n) is 2.64. The van der Waals surface area contributed by atoms with Gasteiger partial charge in [0.2, 0.25) is 0 Å². The second-order valence-electron chi connectivity index (χ2n) is 4.79. The summed E-state index contributed by atoms with van der Waals surface area (Å²) < 4.78 is 1.10. The topological polar surface area (TPSA) is 37.8 Å². The Kier molecular flexibility index (Phi) is 6.01. The Morgan fingerprint density at radius 1 is 1.25 bits per heavy atom. The van der Waals surface area contributed by atoms with E-state index < -0.39 is 0 Å². The molecule has 0 bridgehead atoms. The van der Waals surface area contributed by atoms with Gasteiger partial charge in [0.1, 0.15) is 5.82 Å². The third-order valence-corrected chi connectivity index (χ3v) is 4.12. The SMILES string of the molecule is CC(C)NCc1cnc(CSc2cccc(Br)c2)nc1. The highest BCUT2D eigenvalue weighted by Gasteiger charge is 2.01. The van der Waals surface area contributed by atoms with Gasteiger partial charge in [0, 0.05) is 39.9 Å². The molecule has 0 radical (unpaired) electrons. The minimum absolute atomic E-state index is 0.474. The highest BCUT2D eigenvalue weighted by molar-refractivity contribution is 9.10. The first-order valence-electron chi connectivity index (χ1n) is 6.55. The van der Waals surface area contributed by atoms with Crippen LogP contribution in [-0.2, 0) is 12.3 Å². The van der Waals surface area contributed by atoms with Crippen LogP contribution >= 0.6 is 27.7 Å². The standard InChI is InChI=1S/C15H18BrN3S/c1-11(2)17-7-12-8-18-15(19-9-12)10-20-14-5-3-4-13(16)6-14/h3-6,8-9,11,17H,7,10H2,1-2H3. The number of nitrogens with zero attached hydrogens (tertiary/aromatic N) is 2. The molecule has 3 nitrogen and oxygen atoms in total. The van der Waals surface area contributed by atoms with Crippen molar-refractivity contribution in [1.82, 2.24) is 15.3 Å². The van der Waals surface area contributed by atoms with E-state index in [0.717, 1.165) is 28.2 Å². The van der Waals surface area contributed by atoms with E-state index in [1.807, 2.05) is 24.5 Å². The Morgan fingerprint density at radius 2 is 2.00 bits per heavy atom. The number of rotatable bonds is 6. The fourth-order valence-corrected chi connectivity index (χ4v) is 2.95. The first-order chi connectivity index (χ1) is 9.63. The van der Waals surface area contributed by atoms with Gasteiger partial charge in [-0.2, -0.15) is 0 Å². The quantitative estimate of drug-likeness (QED) is 0.797. The maximum atomic E-state index is 4.41. The molecule has 0 unspecified atom stereocenters. The number of halogens is 1. The van der Waals surface area contributed by atoms with Crippen LogP contribution in [-0.4, -0.2) is 16.0 Å². The molecule has 1 N–H and O–H groups in total. The molecule has 0 spiro atoms. The van der Waals surface area contributed by atoms with Crippen LogP contribution in [0.2, 0.25) is 0 Å². The molecule has 106 valence electrons. The van der Waals surface area contributed by atoms with Crippen molar-refractivity contribution >= 4 is 27.7 Å². The maximum Gasteiger partial charge on any atom is 0.138 e. The number of hydrogen-bond donors (Lipinski definition) is 1. The predicted molar refractivity (Wildman–Crippen MR) is 87.7 cm³/mol. The van der Waals surface area contributed by atoms with Gasteiger partial charge in [-0.1, -0.05) is 35.8 Å². The Hall–Kier alpha value is -0.910. The molecule has 1 heterocycles. The summed E-state index contributed by atoms with van der Waals surface area (Å²) in [5.41, 5.74) is 1.12. The van der Waals surface area contributed by atoms with Crippen LogP contribution in [0.4, 0.5) is 0 Å². The lowest BCUT2D eigenvalue weighted by molar-refractivity contribution is 0.586. The molecule has 0 amide bonds. The van der Waals surface area contributed by atoms with Crippen LogP contribution in [0.5, 0.6) is 0 Å². The summed E-state index contributed by atoms with van der Waals surface area (Å²) in [6, 6.07) is 8.73. The van der Waals surface area contributed by atoms with Crippen LogP contribution in [0.15, 0.2) is 46.0 Å². The van der Waals surface area contributed by atoms with Crippen LogP contribution < -0.4 is 5.32 Å². The van der Waals surface area contributed by atoms with Crippen molar-refractivity contribution in [2.75, 3.05) is 0 Å². The molecule has 0 atom stereocenters. The van der Waals surface area contributed by atoms with Gasteiger partial charge < -0.3 is 5.32 Å². The average molecular weight is 352 g/mol. The van der Waals surface area contributed by atoms with Gasteiger partial charge in [-0.05, 0) is 18.2 Å². The highest BCUT2D eigenvalue weighted by Crippen LogP contribution is 2.24.